The van der Waals surface area contributed by atoms with Crippen LogP contribution in [0.15, 0.2) is 42.5 Å². The van der Waals surface area contributed by atoms with Gasteiger partial charge in [-0.25, -0.2) is 9.07 Å². The lowest BCUT2D eigenvalue weighted by atomic mass is 10.1. The number of nitrogens with one attached hydrogen (secondary N) is 1. The van der Waals surface area contributed by atoms with E-state index in [1.165, 1.54) is 12.1 Å². The van der Waals surface area contributed by atoms with Crippen LogP contribution in [0, 0.1) is 12.7 Å². The first-order valence-electron chi connectivity index (χ1n) is 8.52. The molecule has 3 aromatic rings. The lowest BCUT2D eigenvalue weighted by molar-refractivity contribution is -0.115. The highest BCUT2D eigenvalue weighted by Gasteiger charge is 2.25. The third-order valence-corrected chi connectivity index (χ3v) is 5.88. The van der Waals surface area contributed by atoms with Crippen LogP contribution in [0.25, 0.3) is 5.69 Å². The molecule has 0 radical (unpaired) electrons. The number of thioether (sulfide) groups is 1. The van der Waals surface area contributed by atoms with Crippen LogP contribution in [0.5, 0.6) is 0 Å². The van der Waals surface area contributed by atoms with Crippen LogP contribution in [0.1, 0.15) is 22.4 Å². The molecular weight excluding hydrogens is 385 g/mol. The minimum atomic E-state index is -0.481. The summed E-state index contributed by atoms with van der Waals surface area (Å²) in [6.07, 6.45) is -0.133. The summed E-state index contributed by atoms with van der Waals surface area (Å²) in [6.45, 7) is 2.00. The number of hydrogen-bond donors (Lipinski definition) is 1. The van der Waals surface area contributed by atoms with E-state index in [9.17, 15) is 9.18 Å². The molecule has 7 heteroatoms. The first kappa shape index (κ1) is 18.1. The van der Waals surface area contributed by atoms with Crippen molar-refractivity contribution in [2.75, 3.05) is 5.32 Å². The molecule has 1 aromatic heterocycles. The second-order valence-corrected chi connectivity index (χ2v) is 7.78. The Hall–Kier alpha value is -2.31. The monoisotopic (exact) mass is 401 g/mol. The second-order valence-electron chi connectivity index (χ2n) is 6.39. The lowest BCUT2D eigenvalue weighted by Gasteiger charge is -2.13. The number of aromatic nitrogens is 2. The summed E-state index contributed by atoms with van der Waals surface area (Å²) in [7, 11) is 0. The minimum Gasteiger partial charge on any atom is -0.310 e. The fraction of sp³-hybridized carbons (Fsp3) is 0.200. The van der Waals surface area contributed by atoms with Crippen molar-refractivity contribution in [1.82, 2.24) is 9.78 Å². The van der Waals surface area contributed by atoms with Crippen LogP contribution < -0.4 is 5.32 Å². The van der Waals surface area contributed by atoms with Crippen LogP contribution in [-0.4, -0.2) is 15.7 Å². The summed E-state index contributed by atoms with van der Waals surface area (Å²) in [5.74, 6) is 1.46. The fourth-order valence-electron chi connectivity index (χ4n) is 3.15. The van der Waals surface area contributed by atoms with Gasteiger partial charge < -0.3 is 5.32 Å². The average Bonchev–Trinajstić information content (AvgIpc) is 3.22. The molecule has 1 aliphatic heterocycles. The number of nitrogens with zero attached hydrogens (tertiary/aromatic N) is 2. The molecule has 0 fully saturated rings. The molecule has 0 unspecified atom stereocenters. The Morgan fingerprint density at radius 2 is 2.07 bits per heavy atom. The summed E-state index contributed by atoms with van der Waals surface area (Å²) in [5.41, 5.74) is 4.17. The lowest BCUT2D eigenvalue weighted by Crippen LogP contribution is -2.19. The number of aryl methyl sites for hydroxylation is 1. The summed E-state index contributed by atoms with van der Waals surface area (Å²) in [4.78, 5) is 12.7. The van der Waals surface area contributed by atoms with Crippen molar-refractivity contribution >= 4 is 35.1 Å². The van der Waals surface area contributed by atoms with Gasteiger partial charge in [0, 0.05) is 27.7 Å². The molecule has 2 aromatic carbocycles. The highest BCUT2D eigenvalue weighted by atomic mass is 35.5. The number of halogens is 2. The Balaban J connectivity index is 1.68. The van der Waals surface area contributed by atoms with Gasteiger partial charge in [0.25, 0.3) is 0 Å². The van der Waals surface area contributed by atoms with Gasteiger partial charge in [-0.05, 0) is 30.7 Å². The molecule has 0 saturated carbocycles. The van der Waals surface area contributed by atoms with Crippen LogP contribution in [-0.2, 0) is 22.7 Å². The van der Waals surface area contributed by atoms with E-state index in [1.807, 2.05) is 31.2 Å². The molecule has 1 aliphatic rings. The van der Waals surface area contributed by atoms with E-state index in [1.54, 1.807) is 22.5 Å². The molecule has 2 heterocycles. The minimum absolute atomic E-state index is 0.133. The number of amides is 1. The highest BCUT2D eigenvalue weighted by Crippen LogP contribution is 2.36. The SMILES string of the molecule is Cc1ccccc1-n1nc2c(c1NC(=O)Cc1c(F)cccc1Cl)CSC2. The molecule has 0 spiro atoms. The fourth-order valence-corrected chi connectivity index (χ4v) is 4.42. The molecule has 27 heavy (non-hydrogen) atoms. The van der Waals surface area contributed by atoms with E-state index < -0.39 is 5.82 Å². The van der Waals surface area contributed by atoms with Gasteiger partial charge in [-0.3, -0.25) is 4.79 Å². The Morgan fingerprint density at radius 3 is 2.85 bits per heavy atom. The number of para-hydroxylation sites is 1. The van der Waals surface area contributed by atoms with Gasteiger partial charge in [0.05, 0.1) is 17.8 Å². The van der Waals surface area contributed by atoms with Gasteiger partial charge in [0.1, 0.15) is 11.6 Å². The number of carbonyl (C=O) groups is 1. The third kappa shape index (κ3) is 3.47. The van der Waals surface area contributed by atoms with Gasteiger partial charge in [-0.1, -0.05) is 35.9 Å². The Labute approximate surface area is 165 Å². The summed E-state index contributed by atoms with van der Waals surface area (Å²) >= 11 is 7.82. The number of anilines is 1. The van der Waals surface area contributed by atoms with Gasteiger partial charge >= 0.3 is 0 Å². The average molecular weight is 402 g/mol. The highest BCUT2D eigenvalue weighted by molar-refractivity contribution is 7.98. The first-order chi connectivity index (χ1) is 13.0. The molecule has 4 rings (SSSR count). The van der Waals surface area contributed by atoms with E-state index in [0.29, 0.717) is 5.82 Å². The van der Waals surface area contributed by atoms with E-state index in [4.69, 9.17) is 16.7 Å². The molecule has 0 saturated heterocycles. The quantitative estimate of drug-likeness (QED) is 0.676. The molecule has 1 N–H and O–H groups in total. The van der Waals surface area contributed by atoms with Crippen LogP contribution in [0.4, 0.5) is 10.2 Å². The van der Waals surface area contributed by atoms with Gasteiger partial charge in [0.2, 0.25) is 5.91 Å². The van der Waals surface area contributed by atoms with E-state index in [2.05, 4.69) is 5.32 Å². The molecule has 0 atom stereocenters. The normalized spacial score (nSPS) is 12.9. The molecule has 4 nitrogen and oxygen atoms in total. The molecule has 1 amide bonds. The van der Waals surface area contributed by atoms with Crippen molar-refractivity contribution in [1.29, 1.82) is 0 Å². The van der Waals surface area contributed by atoms with E-state index in [-0.39, 0.29) is 22.9 Å². The topological polar surface area (TPSA) is 46.9 Å². The second kappa shape index (κ2) is 7.37. The summed E-state index contributed by atoms with van der Waals surface area (Å²) in [5, 5.41) is 7.89. The number of hydrogen-bond acceptors (Lipinski definition) is 3. The Morgan fingerprint density at radius 1 is 1.26 bits per heavy atom. The van der Waals surface area contributed by atoms with Crippen molar-refractivity contribution in [3.63, 3.8) is 0 Å². The Bertz CT molecular complexity index is 1010. The number of fused-ring (bicyclic) bond motifs is 1. The number of rotatable bonds is 4. The predicted octanol–water partition coefficient (Wildman–Crippen LogP) is 4.90. The van der Waals surface area contributed by atoms with Crippen LogP contribution in [0.3, 0.4) is 0 Å². The van der Waals surface area contributed by atoms with Crippen molar-refractivity contribution < 1.29 is 9.18 Å². The van der Waals surface area contributed by atoms with Gasteiger partial charge in [-0.15, -0.1) is 0 Å². The molecular formula is C20H17ClFN3OS. The molecule has 0 bridgehead atoms. The van der Waals surface area contributed by atoms with Crippen LogP contribution >= 0.6 is 23.4 Å². The Kier molecular flexibility index (Phi) is 4.93. The zero-order valence-corrected chi connectivity index (χ0v) is 16.2. The number of benzene rings is 2. The zero-order valence-electron chi connectivity index (χ0n) is 14.6. The van der Waals surface area contributed by atoms with Crippen molar-refractivity contribution in [3.05, 3.63) is 75.7 Å². The maximum Gasteiger partial charge on any atom is 0.230 e. The predicted molar refractivity (Wildman–Crippen MR) is 107 cm³/mol. The van der Waals surface area contributed by atoms with E-state index >= 15 is 0 Å². The smallest absolute Gasteiger partial charge is 0.230 e. The summed E-state index contributed by atoms with van der Waals surface area (Å²) < 4.78 is 15.8. The largest absolute Gasteiger partial charge is 0.310 e. The van der Waals surface area contributed by atoms with Crippen molar-refractivity contribution in [2.24, 2.45) is 0 Å². The zero-order chi connectivity index (χ0) is 19.0. The maximum absolute atomic E-state index is 14.0. The summed E-state index contributed by atoms with van der Waals surface area (Å²) in [6, 6.07) is 12.3. The first-order valence-corrected chi connectivity index (χ1v) is 10.0. The van der Waals surface area contributed by atoms with Gasteiger partial charge in [-0.2, -0.15) is 16.9 Å². The number of carbonyl (C=O) groups excluding carboxylic acids is 1. The third-order valence-electron chi connectivity index (χ3n) is 4.55. The van der Waals surface area contributed by atoms with Gasteiger partial charge in [0.15, 0.2) is 0 Å². The molecule has 138 valence electrons. The molecule has 0 aliphatic carbocycles. The van der Waals surface area contributed by atoms with E-state index in [0.717, 1.165) is 34.0 Å². The standard InChI is InChI=1S/C20H17ClFN3OS/c1-12-5-2-3-8-18(12)25-20(14-10-27-11-17(14)24-25)23-19(26)9-13-15(21)6-4-7-16(13)22/h2-8H,9-11H2,1H3,(H,23,26). The van der Waals surface area contributed by atoms with Crippen molar-refractivity contribution in [3.8, 4) is 5.69 Å². The van der Waals surface area contributed by atoms with Crippen LogP contribution in [0.2, 0.25) is 5.02 Å². The van der Waals surface area contributed by atoms with Crippen molar-refractivity contribution in [2.45, 2.75) is 24.9 Å². The maximum atomic E-state index is 14.0.